The van der Waals surface area contributed by atoms with E-state index >= 15 is 0 Å². The number of rotatable bonds is 5. The molecule has 10 heavy (non-hydrogen) atoms. The van der Waals surface area contributed by atoms with Crippen LogP contribution in [0.4, 0.5) is 0 Å². The lowest BCUT2D eigenvalue weighted by Crippen LogP contribution is -1.92. The molecule has 1 atom stereocenters. The number of aliphatic hydroxyl groups is 1. The number of allylic oxidation sites excluding steroid dienone is 1. The summed E-state index contributed by atoms with van der Waals surface area (Å²) < 4.78 is 0. The minimum atomic E-state index is -0.401. The van der Waals surface area contributed by atoms with Crippen LogP contribution in [0, 0.1) is 6.08 Å². The zero-order valence-electron chi connectivity index (χ0n) is 6.93. The molecule has 1 unspecified atom stereocenters. The summed E-state index contributed by atoms with van der Waals surface area (Å²) >= 11 is 0. The Hall–Kier alpha value is -0.300. The largest absolute Gasteiger partial charge is 0.389 e. The molecule has 1 heteroatoms. The summed E-state index contributed by atoms with van der Waals surface area (Å²) in [5.41, 5.74) is 0. The van der Waals surface area contributed by atoms with Crippen LogP contribution in [0.5, 0.6) is 0 Å². The van der Waals surface area contributed by atoms with Gasteiger partial charge in [0, 0.05) is 0 Å². The van der Waals surface area contributed by atoms with Gasteiger partial charge in [-0.1, -0.05) is 25.8 Å². The summed E-state index contributed by atoms with van der Waals surface area (Å²) in [7, 11) is 0. The van der Waals surface area contributed by atoms with Gasteiger partial charge in [-0.15, -0.1) is 0 Å². The van der Waals surface area contributed by atoms with E-state index in [0.717, 1.165) is 6.42 Å². The first-order chi connectivity index (χ1) is 4.77. The molecule has 0 aliphatic heterocycles. The van der Waals surface area contributed by atoms with Crippen molar-refractivity contribution >= 4 is 0 Å². The number of aliphatic hydroxyl groups excluding tert-OH is 1. The Morgan fingerprint density at radius 1 is 1.50 bits per heavy atom. The Labute approximate surface area is 63.8 Å². The fraction of sp³-hybridized carbons (Fsp3) is 0.778. The molecule has 1 N–H and O–H groups in total. The predicted molar refractivity (Wildman–Crippen MR) is 43.6 cm³/mol. The van der Waals surface area contributed by atoms with E-state index in [9.17, 15) is 0 Å². The minimum Gasteiger partial charge on any atom is -0.389 e. The summed E-state index contributed by atoms with van der Waals surface area (Å²) in [6.45, 7) is 3.90. The molecular formula is C9H17O. The Morgan fingerprint density at radius 2 is 2.20 bits per heavy atom. The third kappa shape index (κ3) is 7.70. The van der Waals surface area contributed by atoms with E-state index in [2.05, 4.69) is 13.0 Å². The van der Waals surface area contributed by atoms with E-state index in [1.54, 1.807) is 6.92 Å². The maximum absolute atomic E-state index is 8.77. The second-order valence-corrected chi connectivity index (χ2v) is 2.54. The first-order valence-electron chi connectivity index (χ1n) is 4.03. The van der Waals surface area contributed by atoms with E-state index < -0.39 is 6.10 Å². The highest BCUT2D eigenvalue weighted by molar-refractivity contribution is 4.77. The molecule has 59 valence electrons. The van der Waals surface area contributed by atoms with Gasteiger partial charge in [-0.3, -0.25) is 0 Å². The van der Waals surface area contributed by atoms with Crippen molar-refractivity contribution in [2.75, 3.05) is 0 Å². The Kier molecular flexibility index (Phi) is 6.61. The molecule has 0 aliphatic rings. The lowest BCUT2D eigenvalue weighted by molar-refractivity contribution is 0.236. The Balaban J connectivity index is 3.02. The SMILES string of the molecule is CCCCC/C=[C]\C(C)O. The van der Waals surface area contributed by atoms with Crippen molar-refractivity contribution in [1.29, 1.82) is 0 Å². The van der Waals surface area contributed by atoms with Gasteiger partial charge >= 0.3 is 0 Å². The number of hydrogen-bond acceptors (Lipinski definition) is 1. The van der Waals surface area contributed by atoms with Gasteiger partial charge in [0.25, 0.3) is 0 Å². The van der Waals surface area contributed by atoms with Crippen LogP contribution in [-0.4, -0.2) is 11.2 Å². The average Bonchev–Trinajstić information content (AvgIpc) is 1.87. The second-order valence-electron chi connectivity index (χ2n) is 2.54. The Bertz CT molecular complexity index is 84.7. The smallest absolute Gasteiger partial charge is 0.0762 e. The van der Waals surface area contributed by atoms with E-state index in [1.165, 1.54) is 19.3 Å². The first kappa shape index (κ1) is 9.70. The quantitative estimate of drug-likeness (QED) is 0.582. The molecule has 0 aliphatic carbocycles. The number of unbranched alkanes of at least 4 members (excludes halogenated alkanes) is 3. The molecule has 0 saturated carbocycles. The van der Waals surface area contributed by atoms with Crippen LogP contribution >= 0.6 is 0 Å². The van der Waals surface area contributed by atoms with Crippen LogP contribution in [0.1, 0.15) is 39.5 Å². The fourth-order valence-electron chi connectivity index (χ4n) is 0.750. The summed E-state index contributed by atoms with van der Waals surface area (Å²) in [5.74, 6) is 0. The molecular weight excluding hydrogens is 124 g/mol. The van der Waals surface area contributed by atoms with Crippen molar-refractivity contribution in [3.8, 4) is 0 Å². The lowest BCUT2D eigenvalue weighted by atomic mass is 10.2. The van der Waals surface area contributed by atoms with Gasteiger partial charge < -0.3 is 5.11 Å². The maximum atomic E-state index is 8.77. The third-order valence-corrected chi connectivity index (χ3v) is 1.31. The summed E-state index contributed by atoms with van der Waals surface area (Å²) in [5, 5.41) is 8.77. The van der Waals surface area contributed by atoms with Crippen LogP contribution < -0.4 is 0 Å². The van der Waals surface area contributed by atoms with E-state index in [0.29, 0.717) is 0 Å². The standard InChI is InChI=1S/C9H17O/c1-3-4-5-6-7-8-9(2)10/h7,9-10H,3-6H2,1-2H3. The monoisotopic (exact) mass is 141 g/mol. The van der Waals surface area contributed by atoms with Crippen molar-refractivity contribution in [3.63, 3.8) is 0 Å². The Morgan fingerprint density at radius 3 is 2.70 bits per heavy atom. The van der Waals surface area contributed by atoms with Crippen LogP contribution in [-0.2, 0) is 0 Å². The number of hydrogen-bond donors (Lipinski definition) is 1. The van der Waals surface area contributed by atoms with E-state index in [4.69, 9.17) is 5.11 Å². The molecule has 0 spiro atoms. The van der Waals surface area contributed by atoms with Crippen molar-refractivity contribution in [3.05, 3.63) is 12.2 Å². The maximum Gasteiger partial charge on any atom is 0.0762 e. The van der Waals surface area contributed by atoms with Gasteiger partial charge in [0.15, 0.2) is 0 Å². The lowest BCUT2D eigenvalue weighted by Gasteiger charge is -1.93. The van der Waals surface area contributed by atoms with Crippen molar-refractivity contribution in [1.82, 2.24) is 0 Å². The molecule has 0 rings (SSSR count). The highest BCUT2D eigenvalue weighted by atomic mass is 16.3. The van der Waals surface area contributed by atoms with Gasteiger partial charge in [0.2, 0.25) is 0 Å². The molecule has 0 aromatic heterocycles. The molecule has 0 bridgehead atoms. The van der Waals surface area contributed by atoms with Crippen molar-refractivity contribution in [2.24, 2.45) is 0 Å². The van der Waals surface area contributed by atoms with Crippen molar-refractivity contribution < 1.29 is 5.11 Å². The predicted octanol–water partition coefficient (Wildman–Crippen LogP) is 2.31. The zero-order valence-corrected chi connectivity index (χ0v) is 6.93. The van der Waals surface area contributed by atoms with Gasteiger partial charge in [0.05, 0.1) is 6.10 Å². The highest BCUT2D eigenvalue weighted by Gasteiger charge is 1.85. The summed E-state index contributed by atoms with van der Waals surface area (Å²) in [4.78, 5) is 0. The van der Waals surface area contributed by atoms with Crippen LogP contribution in [0.3, 0.4) is 0 Å². The zero-order chi connectivity index (χ0) is 7.82. The normalized spacial score (nSPS) is 14.3. The molecule has 0 heterocycles. The fourth-order valence-corrected chi connectivity index (χ4v) is 0.750. The van der Waals surface area contributed by atoms with E-state index in [-0.39, 0.29) is 0 Å². The van der Waals surface area contributed by atoms with Crippen LogP contribution in [0.25, 0.3) is 0 Å². The first-order valence-corrected chi connectivity index (χ1v) is 4.03. The molecule has 0 fully saturated rings. The van der Waals surface area contributed by atoms with Gasteiger partial charge in [-0.2, -0.15) is 0 Å². The van der Waals surface area contributed by atoms with Crippen LogP contribution in [0.15, 0.2) is 6.08 Å². The van der Waals surface area contributed by atoms with Gasteiger partial charge in [0.1, 0.15) is 0 Å². The van der Waals surface area contributed by atoms with Crippen LogP contribution in [0.2, 0.25) is 0 Å². The van der Waals surface area contributed by atoms with E-state index in [1.807, 2.05) is 6.08 Å². The van der Waals surface area contributed by atoms with Crippen molar-refractivity contribution in [2.45, 2.75) is 45.6 Å². The molecule has 1 nitrogen and oxygen atoms in total. The second kappa shape index (κ2) is 6.81. The molecule has 0 aromatic carbocycles. The highest BCUT2D eigenvalue weighted by Crippen LogP contribution is 1.99. The average molecular weight is 141 g/mol. The molecule has 1 radical (unpaired) electrons. The molecule has 0 aromatic rings. The summed E-state index contributed by atoms with van der Waals surface area (Å²) in [6, 6.07) is 0. The van der Waals surface area contributed by atoms with Gasteiger partial charge in [-0.05, 0) is 25.8 Å². The minimum absolute atomic E-state index is 0.401. The molecule has 0 saturated heterocycles. The topological polar surface area (TPSA) is 20.2 Å². The van der Waals surface area contributed by atoms with Gasteiger partial charge in [-0.25, -0.2) is 0 Å². The third-order valence-electron chi connectivity index (χ3n) is 1.31. The molecule has 0 amide bonds. The summed E-state index contributed by atoms with van der Waals surface area (Å²) in [6.07, 6.45) is 9.17.